The molecule has 1 aromatic rings. The van der Waals surface area contributed by atoms with Crippen molar-refractivity contribution in [2.45, 2.75) is 12.1 Å². The molecule has 0 aromatic carbocycles. The van der Waals surface area contributed by atoms with Gasteiger partial charge in [-0.2, -0.15) is 0 Å². The second-order valence-corrected chi connectivity index (χ2v) is 3.58. The Bertz CT molecular complexity index is 308. The first-order chi connectivity index (χ1) is 7.30. The van der Waals surface area contributed by atoms with Crippen molar-refractivity contribution in [3.63, 3.8) is 0 Å². The van der Waals surface area contributed by atoms with Gasteiger partial charge in [0.05, 0.1) is 6.61 Å². The van der Waals surface area contributed by atoms with E-state index in [1.165, 1.54) is 11.8 Å². The molecule has 0 bridgehead atoms. The zero-order valence-electron chi connectivity index (χ0n) is 8.95. The lowest BCUT2D eigenvalue weighted by Gasteiger charge is -2.08. The van der Waals surface area contributed by atoms with Gasteiger partial charge in [0.15, 0.2) is 5.16 Å². The number of nitrogens with zero attached hydrogens (tertiary/aromatic N) is 2. The van der Waals surface area contributed by atoms with Crippen LogP contribution in [0.15, 0.2) is 11.2 Å². The van der Waals surface area contributed by atoms with Gasteiger partial charge in [0.2, 0.25) is 0 Å². The molecule has 1 aromatic heterocycles. The molecule has 1 heterocycles. The number of anilines is 2. The number of hydrogen-bond acceptors (Lipinski definition) is 6. The van der Waals surface area contributed by atoms with Crippen molar-refractivity contribution in [2.24, 2.45) is 0 Å². The summed E-state index contributed by atoms with van der Waals surface area (Å²) in [6, 6.07) is 1.83. The zero-order valence-corrected chi connectivity index (χ0v) is 9.77. The third kappa shape index (κ3) is 3.93. The summed E-state index contributed by atoms with van der Waals surface area (Å²) in [5.41, 5.74) is 0. The van der Waals surface area contributed by atoms with E-state index in [4.69, 9.17) is 5.11 Å². The number of thioether (sulfide) groups is 1. The monoisotopic (exact) mass is 228 g/mol. The molecule has 0 spiro atoms. The van der Waals surface area contributed by atoms with E-state index in [-0.39, 0.29) is 6.61 Å². The first kappa shape index (κ1) is 12.1. The molecule has 15 heavy (non-hydrogen) atoms. The van der Waals surface area contributed by atoms with Crippen molar-refractivity contribution in [3.05, 3.63) is 6.07 Å². The van der Waals surface area contributed by atoms with Crippen LogP contribution in [0.2, 0.25) is 0 Å². The molecule has 0 unspecified atom stereocenters. The fraction of sp³-hybridized carbons (Fsp3) is 0.556. The summed E-state index contributed by atoms with van der Waals surface area (Å²) >= 11 is 1.49. The molecule has 0 aliphatic heterocycles. The van der Waals surface area contributed by atoms with Gasteiger partial charge in [0.25, 0.3) is 0 Å². The molecule has 5 nitrogen and oxygen atoms in total. The Kier molecular flexibility index (Phi) is 5.20. The van der Waals surface area contributed by atoms with Crippen LogP contribution in [-0.2, 0) is 0 Å². The molecule has 84 valence electrons. The topological polar surface area (TPSA) is 70.1 Å². The summed E-state index contributed by atoms with van der Waals surface area (Å²) < 4.78 is 0. The smallest absolute Gasteiger partial charge is 0.191 e. The van der Waals surface area contributed by atoms with E-state index in [0.717, 1.165) is 18.2 Å². The fourth-order valence-corrected chi connectivity index (χ4v) is 1.44. The minimum absolute atomic E-state index is 0.0924. The minimum Gasteiger partial charge on any atom is -0.395 e. The molecule has 0 amide bonds. The van der Waals surface area contributed by atoms with Gasteiger partial charge in [-0.1, -0.05) is 11.8 Å². The summed E-state index contributed by atoms with van der Waals surface area (Å²) in [5, 5.41) is 15.6. The van der Waals surface area contributed by atoms with E-state index in [2.05, 4.69) is 20.6 Å². The minimum atomic E-state index is 0.0924. The van der Waals surface area contributed by atoms with E-state index >= 15 is 0 Å². The Balaban J connectivity index is 2.79. The average molecular weight is 228 g/mol. The first-order valence-electron chi connectivity index (χ1n) is 4.81. The Labute approximate surface area is 93.7 Å². The van der Waals surface area contributed by atoms with Crippen LogP contribution in [0, 0.1) is 0 Å². The predicted octanol–water partition coefficient (Wildman–Crippen LogP) is 1.03. The van der Waals surface area contributed by atoms with Crippen molar-refractivity contribution >= 4 is 23.4 Å². The molecule has 0 fully saturated rings. The Morgan fingerprint density at radius 1 is 1.33 bits per heavy atom. The standard InChI is InChI=1S/C9H16N4OS/c1-3-10-7-6-8(11-4-5-14)13-9(12-7)15-2/h6,14H,3-5H2,1-2H3,(H2,10,11,12,13). The lowest BCUT2D eigenvalue weighted by molar-refractivity contribution is 0.311. The number of rotatable bonds is 6. The highest BCUT2D eigenvalue weighted by molar-refractivity contribution is 7.98. The number of aromatic nitrogens is 2. The summed E-state index contributed by atoms with van der Waals surface area (Å²) in [4.78, 5) is 8.55. The number of nitrogens with one attached hydrogen (secondary N) is 2. The summed E-state index contributed by atoms with van der Waals surface area (Å²) in [6.45, 7) is 3.43. The Morgan fingerprint density at radius 2 is 2.00 bits per heavy atom. The van der Waals surface area contributed by atoms with Crippen molar-refractivity contribution in [1.82, 2.24) is 9.97 Å². The van der Waals surface area contributed by atoms with E-state index in [0.29, 0.717) is 11.7 Å². The summed E-state index contributed by atoms with van der Waals surface area (Å²) in [7, 11) is 0. The highest BCUT2D eigenvalue weighted by atomic mass is 32.2. The van der Waals surface area contributed by atoms with Crippen molar-refractivity contribution < 1.29 is 5.11 Å². The van der Waals surface area contributed by atoms with E-state index in [1.807, 2.05) is 19.2 Å². The lowest BCUT2D eigenvalue weighted by Crippen LogP contribution is -2.09. The largest absolute Gasteiger partial charge is 0.395 e. The molecule has 0 saturated heterocycles. The third-order valence-corrected chi connectivity index (χ3v) is 2.21. The zero-order chi connectivity index (χ0) is 11.1. The molecule has 0 aliphatic carbocycles. The van der Waals surface area contributed by atoms with Gasteiger partial charge >= 0.3 is 0 Å². The summed E-state index contributed by atoms with van der Waals surface area (Å²) in [6.07, 6.45) is 1.93. The van der Waals surface area contributed by atoms with Gasteiger partial charge in [-0.05, 0) is 13.2 Å². The third-order valence-electron chi connectivity index (χ3n) is 1.66. The van der Waals surface area contributed by atoms with Crippen molar-refractivity contribution in [3.8, 4) is 0 Å². The highest BCUT2D eigenvalue weighted by Gasteiger charge is 2.02. The molecular formula is C9H16N4OS. The van der Waals surface area contributed by atoms with Crippen LogP contribution >= 0.6 is 11.8 Å². The molecule has 0 aliphatic rings. The van der Waals surface area contributed by atoms with E-state index in [9.17, 15) is 0 Å². The fourth-order valence-electron chi connectivity index (χ4n) is 1.06. The molecule has 6 heteroatoms. The van der Waals surface area contributed by atoms with Gasteiger partial charge in [0, 0.05) is 19.2 Å². The predicted molar refractivity (Wildman–Crippen MR) is 63.6 cm³/mol. The maximum atomic E-state index is 8.70. The maximum absolute atomic E-state index is 8.70. The number of aliphatic hydroxyl groups excluding tert-OH is 1. The van der Waals surface area contributed by atoms with Crippen LogP contribution in [0.25, 0.3) is 0 Å². The number of aliphatic hydroxyl groups is 1. The molecule has 0 atom stereocenters. The SMILES string of the molecule is CCNc1cc(NCCO)nc(SC)n1. The second kappa shape index (κ2) is 6.47. The Morgan fingerprint density at radius 3 is 2.53 bits per heavy atom. The van der Waals surface area contributed by atoms with Gasteiger partial charge in [0.1, 0.15) is 11.6 Å². The van der Waals surface area contributed by atoms with Gasteiger partial charge in [-0.25, -0.2) is 9.97 Å². The van der Waals surface area contributed by atoms with Crippen molar-refractivity contribution in [1.29, 1.82) is 0 Å². The van der Waals surface area contributed by atoms with Crippen LogP contribution in [-0.4, -0.2) is 41.0 Å². The van der Waals surface area contributed by atoms with Crippen LogP contribution in [0.5, 0.6) is 0 Å². The molecule has 3 N–H and O–H groups in total. The average Bonchev–Trinajstić information content (AvgIpc) is 2.26. The molecular weight excluding hydrogens is 212 g/mol. The van der Waals surface area contributed by atoms with Crippen molar-refractivity contribution in [2.75, 3.05) is 36.6 Å². The highest BCUT2D eigenvalue weighted by Crippen LogP contribution is 2.16. The van der Waals surface area contributed by atoms with Crippen LogP contribution in [0.1, 0.15) is 6.92 Å². The van der Waals surface area contributed by atoms with Crippen LogP contribution in [0.4, 0.5) is 11.6 Å². The van der Waals surface area contributed by atoms with E-state index in [1.54, 1.807) is 0 Å². The first-order valence-corrected chi connectivity index (χ1v) is 6.04. The number of hydrogen-bond donors (Lipinski definition) is 3. The molecule has 1 rings (SSSR count). The molecule has 0 saturated carbocycles. The van der Waals surface area contributed by atoms with Gasteiger partial charge in [-0.15, -0.1) is 0 Å². The van der Waals surface area contributed by atoms with Gasteiger partial charge < -0.3 is 15.7 Å². The lowest BCUT2D eigenvalue weighted by atomic mass is 10.5. The Hall–Kier alpha value is -1.01. The van der Waals surface area contributed by atoms with E-state index < -0.39 is 0 Å². The van der Waals surface area contributed by atoms with Gasteiger partial charge in [-0.3, -0.25) is 0 Å². The maximum Gasteiger partial charge on any atom is 0.191 e. The molecule has 0 radical (unpaired) electrons. The quantitative estimate of drug-likeness (QED) is 0.499. The summed E-state index contributed by atoms with van der Waals surface area (Å²) in [5.74, 6) is 1.54. The van der Waals surface area contributed by atoms with Crippen LogP contribution < -0.4 is 10.6 Å². The van der Waals surface area contributed by atoms with Crippen LogP contribution in [0.3, 0.4) is 0 Å². The normalized spacial score (nSPS) is 10.1. The second-order valence-electron chi connectivity index (χ2n) is 2.81.